The van der Waals surface area contributed by atoms with E-state index in [9.17, 15) is 14.9 Å². The van der Waals surface area contributed by atoms with E-state index >= 15 is 0 Å². The van der Waals surface area contributed by atoms with Crippen LogP contribution in [-0.4, -0.2) is 29.4 Å². The first-order valence-corrected chi connectivity index (χ1v) is 4.23. The minimum absolute atomic E-state index is 0.00727. The molecule has 6 nitrogen and oxygen atoms in total. The Morgan fingerprint density at radius 2 is 2.40 bits per heavy atom. The maximum absolute atomic E-state index is 11.2. The summed E-state index contributed by atoms with van der Waals surface area (Å²) >= 11 is 0. The average Bonchev–Trinajstić information content (AvgIpc) is 2.18. The predicted molar refractivity (Wildman–Crippen MR) is 51.5 cm³/mol. The predicted octanol–water partition coefficient (Wildman–Crippen LogP) is 0.748. The molecule has 0 N–H and O–H groups in total. The summed E-state index contributed by atoms with van der Waals surface area (Å²) in [6.07, 6.45) is 2.55. The van der Waals surface area contributed by atoms with E-state index in [1.807, 2.05) is 0 Å². The molecule has 80 valence electrons. The topological polar surface area (TPSA) is 82.3 Å². The van der Waals surface area contributed by atoms with Crippen LogP contribution in [0.15, 0.2) is 18.5 Å². The Hall–Kier alpha value is -1.82. The van der Waals surface area contributed by atoms with E-state index < -0.39 is 4.92 Å². The summed E-state index contributed by atoms with van der Waals surface area (Å²) < 4.78 is 4.64. The van der Waals surface area contributed by atoms with Gasteiger partial charge in [0.1, 0.15) is 12.8 Å². The Morgan fingerprint density at radius 3 is 3.00 bits per heavy atom. The molecule has 0 aromatic carbocycles. The Bertz CT molecular complexity index is 378. The molecule has 1 heterocycles. The highest BCUT2D eigenvalue weighted by molar-refractivity contribution is 5.82. The molecule has 0 amide bonds. The fourth-order valence-electron chi connectivity index (χ4n) is 1.15. The fraction of sp³-hybridized carbons (Fsp3) is 0.333. The van der Waals surface area contributed by atoms with Gasteiger partial charge in [0, 0.05) is 25.3 Å². The minimum atomic E-state index is -0.553. The van der Waals surface area contributed by atoms with Crippen molar-refractivity contribution in [1.29, 1.82) is 0 Å². The molecular formula is C9H10N2O4. The van der Waals surface area contributed by atoms with Gasteiger partial charge in [-0.2, -0.15) is 0 Å². The van der Waals surface area contributed by atoms with Gasteiger partial charge in [0.05, 0.1) is 4.92 Å². The molecule has 0 radical (unpaired) electrons. The number of aromatic nitrogens is 1. The molecule has 0 aliphatic carbocycles. The highest BCUT2D eigenvalue weighted by Gasteiger charge is 2.15. The number of Topliss-reactive ketones (excluding diaryl/α,β-unsaturated/α-hetero) is 1. The summed E-state index contributed by atoms with van der Waals surface area (Å²) in [6, 6.07) is 1.46. The Morgan fingerprint density at radius 1 is 1.67 bits per heavy atom. The van der Waals surface area contributed by atoms with Gasteiger partial charge in [-0.25, -0.2) is 0 Å². The molecule has 15 heavy (non-hydrogen) atoms. The van der Waals surface area contributed by atoms with Crippen LogP contribution in [0.1, 0.15) is 5.56 Å². The van der Waals surface area contributed by atoms with E-state index in [-0.39, 0.29) is 24.5 Å². The van der Waals surface area contributed by atoms with E-state index in [0.717, 1.165) is 6.20 Å². The van der Waals surface area contributed by atoms with Gasteiger partial charge < -0.3 is 4.74 Å². The standard InChI is InChI=1S/C9H10N2O4/c1-15-6-8(12)4-7-2-3-10-5-9(7)11(13)14/h2-3,5H,4,6H2,1H3. The second-order valence-corrected chi connectivity index (χ2v) is 2.91. The zero-order valence-electron chi connectivity index (χ0n) is 8.17. The molecule has 1 aromatic rings. The Labute approximate surface area is 86.0 Å². The van der Waals surface area contributed by atoms with Crippen LogP contribution in [0.3, 0.4) is 0 Å². The maximum atomic E-state index is 11.2. The first-order valence-electron chi connectivity index (χ1n) is 4.23. The van der Waals surface area contributed by atoms with Crippen LogP contribution in [0.5, 0.6) is 0 Å². The van der Waals surface area contributed by atoms with Crippen LogP contribution < -0.4 is 0 Å². The van der Waals surface area contributed by atoms with Crippen molar-refractivity contribution in [3.05, 3.63) is 34.1 Å². The number of methoxy groups -OCH3 is 1. The van der Waals surface area contributed by atoms with E-state index in [1.54, 1.807) is 0 Å². The van der Waals surface area contributed by atoms with Gasteiger partial charge in [0.25, 0.3) is 5.69 Å². The lowest BCUT2D eigenvalue weighted by Gasteiger charge is -2.00. The lowest BCUT2D eigenvalue weighted by molar-refractivity contribution is -0.385. The molecular weight excluding hydrogens is 200 g/mol. The third-order valence-corrected chi connectivity index (χ3v) is 1.78. The number of carbonyl (C=O) groups excluding carboxylic acids is 1. The highest BCUT2D eigenvalue weighted by atomic mass is 16.6. The molecule has 0 atom stereocenters. The number of ether oxygens (including phenoxy) is 1. The van der Waals surface area contributed by atoms with Gasteiger partial charge in [-0.15, -0.1) is 0 Å². The van der Waals surface area contributed by atoms with E-state index in [0.29, 0.717) is 5.56 Å². The fourth-order valence-corrected chi connectivity index (χ4v) is 1.15. The molecule has 0 unspecified atom stereocenters. The number of nitrogens with zero attached hydrogens (tertiary/aromatic N) is 2. The summed E-state index contributed by atoms with van der Waals surface area (Å²) in [7, 11) is 1.40. The Kier molecular flexibility index (Phi) is 3.87. The summed E-state index contributed by atoms with van der Waals surface area (Å²) in [5.74, 6) is -0.202. The largest absolute Gasteiger partial charge is 0.377 e. The lowest BCUT2D eigenvalue weighted by atomic mass is 10.1. The van der Waals surface area contributed by atoms with Gasteiger partial charge in [0.15, 0.2) is 5.78 Å². The van der Waals surface area contributed by atoms with Crippen molar-refractivity contribution >= 4 is 11.5 Å². The number of hydrogen-bond donors (Lipinski definition) is 0. The van der Waals surface area contributed by atoms with E-state index in [1.165, 1.54) is 19.4 Å². The second kappa shape index (κ2) is 5.16. The van der Waals surface area contributed by atoms with Crippen molar-refractivity contribution in [1.82, 2.24) is 4.98 Å². The van der Waals surface area contributed by atoms with Crippen LogP contribution in [0.25, 0.3) is 0 Å². The second-order valence-electron chi connectivity index (χ2n) is 2.91. The molecule has 0 aliphatic rings. The summed E-state index contributed by atoms with van der Waals surface area (Å²) in [4.78, 5) is 24.9. The zero-order chi connectivity index (χ0) is 11.3. The van der Waals surface area contributed by atoms with Crippen molar-refractivity contribution in [2.24, 2.45) is 0 Å². The third-order valence-electron chi connectivity index (χ3n) is 1.78. The van der Waals surface area contributed by atoms with Crippen molar-refractivity contribution in [2.45, 2.75) is 6.42 Å². The first-order chi connectivity index (χ1) is 7.15. The quantitative estimate of drug-likeness (QED) is 0.529. The number of ketones is 1. The minimum Gasteiger partial charge on any atom is -0.377 e. The summed E-state index contributed by atoms with van der Waals surface area (Å²) in [6.45, 7) is -0.0422. The third kappa shape index (κ3) is 3.10. The van der Waals surface area contributed by atoms with Gasteiger partial charge in [-0.05, 0) is 6.07 Å². The summed E-state index contributed by atoms with van der Waals surface area (Å²) in [5.41, 5.74) is 0.221. The van der Waals surface area contributed by atoms with Crippen LogP contribution >= 0.6 is 0 Å². The number of carbonyl (C=O) groups is 1. The molecule has 1 rings (SSSR count). The first kappa shape index (κ1) is 11.3. The van der Waals surface area contributed by atoms with Crippen molar-refractivity contribution in [3.63, 3.8) is 0 Å². The highest BCUT2D eigenvalue weighted by Crippen LogP contribution is 2.16. The van der Waals surface area contributed by atoms with Crippen molar-refractivity contribution in [2.75, 3.05) is 13.7 Å². The SMILES string of the molecule is COCC(=O)Cc1ccncc1[N+](=O)[O-]. The number of rotatable bonds is 5. The smallest absolute Gasteiger partial charge is 0.291 e. The monoisotopic (exact) mass is 210 g/mol. The zero-order valence-corrected chi connectivity index (χ0v) is 8.17. The van der Waals surface area contributed by atoms with E-state index in [2.05, 4.69) is 9.72 Å². The number of nitro groups is 1. The molecule has 0 saturated heterocycles. The maximum Gasteiger partial charge on any atom is 0.291 e. The van der Waals surface area contributed by atoms with Crippen LogP contribution in [-0.2, 0) is 16.0 Å². The van der Waals surface area contributed by atoms with E-state index in [4.69, 9.17) is 0 Å². The van der Waals surface area contributed by atoms with Gasteiger partial charge in [-0.1, -0.05) is 0 Å². The van der Waals surface area contributed by atoms with Gasteiger partial charge in [-0.3, -0.25) is 19.9 Å². The van der Waals surface area contributed by atoms with Crippen LogP contribution in [0.2, 0.25) is 0 Å². The average molecular weight is 210 g/mol. The lowest BCUT2D eigenvalue weighted by Crippen LogP contribution is -2.11. The van der Waals surface area contributed by atoms with Crippen molar-refractivity contribution < 1.29 is 14.5 Å². The molecule has 0 fully saturated rings. The summed E-state index contributed by atoms with van der Waals surface area (Å²) in [5, 5.41) is 10.6. The molecule has 0 bridgehead atoms. The molecule has 6 heteroatoms. The van der Waals surface area contributed by atoms with Crippen LogP contribution in [0.4, 0.5) is 5.69 Å². The molecule has 0 aliphatic heterocycles. The molecule has 0 spiro atoms. The Balaban J connectivity index is 2.84. The molecule has 1 aromatic heterocycles. The number of pyridine rings is 1. The van der Waals surface area contributed by atoms with Crippen molar-refractivity contribution in [3.8, 4) is 0 Å². The van der Waals surface area contributed by atoms with Gasteiger partial charge in [0.2, 0.25) is 0 Å². The number of hydrogen-bond acceptors (Lipinski definition) is 5. The van der Waals surface area contributed by atoms with Crippen LogP contribution in [0, 0.1) is 10.1 Å². The normalized spacial score (nSPS) is 9.93. The molecule has 0 saturated carbocycles. The van der Waals surface area contributed by atoms with Gasteiger partial charge >= 0.3 is 0 Å².